The molecule has 0 unspecified atom stereocenters. The molecule has 2 aromatic rings. The van der Waals surface area contributed by atoms with Crippen LogP contribution in [0.4, 0.5) is 10.5 Å². The fourth-order valence-corrected chi connectivity index (χ4v) is 5.25. The van der Waals surface area contributed by atoms with E-state index in [1.807, 2.05) is 6.07 Å². The molecular weight excluding hydrogens is 445 g/mol. The molecule has 28 heavy (non-hydrogen) atoms. The van der Waals surface area contributed by atoms with Crippen molar-refractivity contribution in [3.8, 4) is 0 Å². The third kappa shape index (κ3) is 3.34. The van der Waals surface area contributed by atoms with Crippen LogP contribution in [0.2, 0.25) is 14.4 Å². The van der Waals surface area contributed by atoms with Gasteiger partial charge in [0.15, 0.2) is 0 Å². The second-order valence-corrected chi connectivity index (χ2v) is 9.48. The molecule has 148 valence electrons. The van der Waals surface area contributed by atoms with Crippen LogP contribution in [0.1, 0.15) is 17.0 Å². The van der Waals surface area contributed by atoms with Gasteiger partial charge in [0.1, 0.15) is 9.34 Å². The van der Waals surface area contributed by atoms with Crippen LogP contribution in [0.15, 0.2) is 18.3 Å². The number of thiazole rings is 1. The van der Waals surface area contributed by atoms with Crippen LogP contribution < -0.4 is 4.90 Å². The van der Waals surface area contributed by atoms with Gasteiger partial charge >= 0.3 is 6.09 Å². The fourth-order valence-electron chi connectivity index (χ4n) is 3.98. The molecule has 2 aliphatic rings. The fraction of sp³-hybridized carbons (Fsp3) is 0.389. The second kappa shape index (κ2) is 7.37. The van der Waals surface area contributed by atoms with Gasteiger partial charge in [-0.05, 0) is 24.1 Å². The number of rotatable bonds is 2. The largest absolute Gasteiger partial charge is 0.453 e. The quantitative estimate of drug-likeness (QED) is 0.666. The molecule has 2 aliphatic heterocycles. The summed E-state index contributed by atoms with van der Waals surface area (Å²) in [5.74, 6) is -0.0981. The number of hydrogen-bond acceptors (Lipinski definition) is 5. The summed E-state index contributed by atoms with van der Waals surface area (Å²) in [5, 5.41) is 1.47. The van der Waals surface area contributed by atoms with E-state index in [-0.39, 0.29) is 18.4 Å². The zero-order chi connectivity index (χ0) is 20.1. The van der Waals surface area contributed by atoms with Gasteiger partial charge in [0, 0.05) is 30.7 Å². The number of benzene rings is 1. The van der Waals surface area contributed by atoms with E-state index >= 15 is 0 Å². The molecule has 4 rings (SSSR count). The molecule has 2 amide bonds. The van der Waals surface area contributed by atoms with Crippen molar-refractivity contribution in [1.29, 1.82) is 0 Å². The molecule has 10 heteroatoms. The van der Waals surface area contributed by atoms with Crippen LogP contribution in [0.3, 0.4) is 0 Å². The first kappa shape index (κ1) is 19.8. The molecule has 1 atom stereocenters. The number of fused-ring (bicyclic) bond motifs is 2. The first-order chi connectivity index (χ1) is 13.3. The van der Waals surface area contributed by atoms with E-state index in [1.54, 1.807) is 15.9 Å². The van der Waals surface area contributed by atoms with Crippen molar-refractivity contribution in [2.45, 2.75) is 18.3 Å². The zero-order valence-corrected chi connectivity index (χ0v) is 18.0. The number of carbonyl (C=O) groups is 2. The van der Waals surface area contributed by atoms with E-state index in [9.17, 15) is 9.59 Å². The topological polar surface area (TPSA) is 62.7 Å². The summed E-state index contributed by atoms with van der Waals surface area (Å²) in [7, 11) is 1.36. The SMILES string of the molecule is COC(=O)N1CC[C@@]2(C1)CN(C(=O)Cc1ncc(Cl)s1)c1cc(Cl)c(Cl)cc12. The highest BCUT2D eigenvalue weighted by Gasteiger charge is 2.50. The summed E-state index contributed by atoms with van der Waals surface area (Å²) in [6.07, 6.45) is 2.02. The van der Waals surface area contributed by atoms with Crippen molar-refractivity contribution in [3.05, 3.63) is 43.3 Å². The lowest BCUT2D eigenvalue weighted by molar-refractivity contribution is -0.118. The summed E-state index contributed by atoms with van der Waals surface area (Å²) < 4.78 is 5.41. The number of ether oxygens (including phenoxy) is 1. The number of methoxy groups -OCH3 is 1. The van der Waals surface area contributed by atoms with Crippen LogP contribution >= 0.6 is 46.1 Å². The predicted molar refractivity (Wildman–Crippen MR) is 110 cm³/mol. The number of nitrogens with zero attached hydrogens (tertiary/aromatic N) is 3. The van der Waals surface area contributed by atoms with Gasteiger partial charge in [-0.1, -0.05) is 34.8 Å². The highest BCUT2D eigenvalue weighted by Crippen LogP contribution is 2.49. The molecule has 0 N–H and O–H groups in total. The van der Waals surface area contributed by atoms with Crippen molar-refractivity contribution in [2.24, 2.45) is 0 Å². The Hall–Kier alpha value is -1.54. The van der Waals surface area contributed by atoms with Gasteiger partial charge in [0.05, 0.1) is 29.8 Å². The summed E-state index contributed by atoms with van der Waals surface area (Å²) in [6.45, 7) is 1.46. The Bertz CT molecular complexity index is 967. The number of amides is 2. The Morgan fingerprint density at radius 3 is 2.68 bits per heavy atom. The van der Waals surface area contributed by atoms with Crippen molar-refractivity contribution >= 4 is 63.8 Å². The standard InChI is InChI=1S/C18H16Cl3N3O3S/c1-27-17(26)23-3-2-18(8-23)9-24(13-5-12(20)11(19)4-10(13)18)16(25)6-15-22-7-14(21)28-15/h4-5,7H,2-3,6,8-9H2,1H3/t18-/m1/s1. The van der Waals surface area contributed by atoms with E-state index in [2.05, 4.69) is 4.98 Å². The second-order valence-electron chi connectivity index (χ2n) is 6.92. The van der Waals surface area contributed by atoms with Crippen molar-refractivity contribution in [1.82, 2.24) is 9.88 Å². The van der Waals surface area contributed by atoms with Crippen LogP contribution in [-0.2, 0) is 21.4 Å². The molecule has 1 saturated heterocycles. The maximum Gasteiger partial charge on any atom is 0.409 e. The number of halogens is 3. The Balaban J connectivity index is 1.68. The lowest BCUT2D eigenvalue weighted by Crippen LogP contribution is -2.40. The van der Waals surface area contributed by atoms with E-state index in [4.69, 9.17) is 39.5 Å². The summed E-state index contributed by atoms with van der Waals surface area (Å²) >= 11 is 19.7. The van der Waals surface area contributed by atoms with Gasteiger partial charge in [-0.15, -0.1) is 11.3 Å². The van der Waals surface area contributed by atoms with Gasteiger partial charge in [-0.25, -0.2) is 9.78 Å². The first-order valence-corrected chi connectivity index (χ1v) is 10.5. The molecule has 6 nitrogen and oxygen atoms in total. The molecule has 0 bridgehead atoms. The van der Waals surface area contributed by atoms with Crippen molar-refractivity contribution in [3.63, 3.8) is 0 Å². The van der Waals surface area contributed by atoms with Crippen LogP contribution in [0, 0.1) is 0 Å². The van der Waals surface area contributed by atoms with Gasteiger partial charge in [0.25, 0.3) is 0 Å². The Kier molecular flexibility index (Phi) is 5.20. The zero-order valence-electron chi connectivity index (χ0n) is 14.9. The van der Waals surface area contributed by atoms with Gasteiger partial charge < -0.3 is 14.5 Å². The number of likely N-dealkylation sites (tertiary alicyclic amines) is 1. The third-order valence-corrected chi connectivity index (χ3v) is 7.11. The highest BCUT2D eigenvalue weighted by molar-refractivity contribution is 7.15. The molecule has 1 fully saturated rings. The number of anilines is 1. The Morgan fingerprint density at radius 1 is 1.25 bits per heavy atom. The lowest BCUT2D eigenvalue weighted by Gasteiger charge is -2.25. The minimum atomic E-state index is -0.395. The summed E-state index contributed by atoms with van der Waals surface area (Å²) in [5.41, 5.74) is 1.26. The average molecular weight is 461 g/mol. The monoisotopic (exact) mass is 459 g/mol. The molecule has 0 aliphatic carbocycles. The normalized spacial score (nSPS) is 20.7. The lowest BCUT2D eigenvalue weighted by atomic mass is 9.81. The predicted octanol–water partition coefficient (Wildman–Crippen LogP) is 4.40. The molecule has 1 spiro atoms. The maximum atomic E-state index is 13.1. The molecular formula is C18H16Cl3N3O3S. The smallest absolute Gasteiger partial charge is 0.409 e. The summed E-state index contributed by atoms with van der Waals surface area (Å²) in [4.78, 5) is 32.6. The number of hydrogen-bond donors (Lipinski definition) is 0. The van der Waals surface area contributed by atoms with E-state index < -0.39 is 5.41 Å². The van der Waals surface area contributed by atoms with Crippen LogP contribution in [0.5, 0.6) is 0 Å². The van der Waals surface area contributed by atoms with Gasteiger partial charge in [-0.3, -0.25) is 4.79 Å². The van der Waals surface area contributed by atoms with Crippen molar-refractivity contribution in [2.75, 3.05) is 31.6 Å². The van der Waals surface area contributed by atoms with Crippen LogP contribution in [-0.4, -0.2) is 48.6 Å². The van der Waals surface area contributed by atoms with Crippen LogP contribution in [0.25, 0.3) is 0 Å². The molecule has 0 radical (unpaired) electrons. The van der Waals surface area contributed by atoms with Gasteiger partial charge in [-0.2, -0.15) is 0 Å². The Labute approximate surface area is 180 Å². The minimum absolute atomic E-state index is 0.0981. The van der Waals surface area contributed by atoms with E-state index in [0.717, 1.165) is 11.3 Å². The van der Waals surface area contributed by atoms with Gasteiger partial charge in [0.2, 0.25) is 5.91 Å². The Morgan fingerprint density at radius 2 is 2.00 bits per heavy atom. The number of aromatic nitrogens is 1. The molecule has 0 saturated carbocycles. The maximum absolute atomic E-state index is 13.1. The van der Waals surface area contributed by atoms with E-state index in [0.29, 0.717) is 45.4 Å². The minimum Gasteiger partial charge on any atom is -0.453 e. The first-order valence-electron chi connectivity index (χ1n) is 8.56. The van der Waals surface area contributed by atoms with E-state index in [1.165, 1.54) is 24.6 Å². The third-order valence-electron chi connectivity index (χ3n) is 5.28. The molecule has 3 heterocycles. The molecule has 1 aromatic heterocycles. The highest BCUT2D eigenvalue weighted by atomic mass is 35.5. The summed E-state index contributed by atoms with van der Waals surface area (Å²) in [6, 6.07) is 3.54. The molecule has 1 aromatic carbocycles. The van der Waals surface area contributed by atoms with Crippen molar-refractivity contribution < 1.29 is 14.3 Å². The average Bonchev–Trinajstić information content (AvgIpc) is 3.35. The number of carbonyl (C=O) groups excluding carboxylic acids is 2.